The van der Waals surface area contributed by atoms with Crippen molar-refractivity contribution < 1.29 is 9.90 Å². The van der Waals surface area contributed by atoms with E-state index in [0.29, 0.717) is 0 Å². The summed E-state index contributed by atoms with van der Waals surface area (Å²) in [4.78, 5) is 28.4. The lowest BCUT2D eigenvalue weighted by atomic mass is 10.1. The summed E-state index contributed by atoms with van der Waals surface area (Å²) in [6, 6.07) is 1.50. The summed E-state index contributed by atoms with van der Waals surface area (Å²) in [6.45, 7) is 0.213. The highest BCUT2D eigenvalue weighted by atomic mass is 16.3. The minimum absolute atomic E-state index is 0.0764. The average molecular weight is 250 g/mol. The second-order valence-electron chi connectivity index (χ2n) is 4.58. The number of aromatic amines is 1. The van der Waals surface area contributed by atoms with Crippen molar-refractivity contribution in [3.8, 4) is 0 Å². The zero-order chi connectivity index (χ0) is 13.0. The van der Waals surface area contributed by atoms with E-state index < -0.39 is 0 Å². The summed E-state index contributed by atoms with van der Waals surface area (Å²) in [7, 11) is 0. The first kappa shape index (κ1) is 12.8. The number of amides is 1. The van der Waals surface area contributed by atoms with Gasteiger partial charge in [-0.2, -0.15) is 0 Å². The smallest absolute Gasteiger partial charge is 0.259 e. The fourth-order valence-corrected chi connectivity index (χ4v) is 2.51. The summed E-state index contributed by atoms with van der Waals surface area (Å²) < 4.78 is 0. The maximum atomic E-state index is 12.3. The van der Waals surface area contributed by atoms with Gasteiger partial charge < -0.3 is 15.0 Å². The lowest BCUT2D eigenvalue weighted by Gasteiger charge is -2.28. The molecule has 2 rings (SSSR count). The molecule has 0 spiro atoms. The normalized spacial score (nSPS) is 15.8. The fraction of sp³-hybridized carbons (Fsp3) is 0.538. The van der Waals surface area contributed by atoms with Crippen LogP contribution in [0.1, 0.15) is 36.0 Å². The summed E-state index contributed by atoms with van der Waals surface area (Å²) in [5, 5.41) is 9.08. The van der Waals surface area contributed by atoms with E-state index in [2.05, 4.69) is 4.98 Å². The molecule has 0 radical (unpaired) electrons. The van der Waals surface area contributed by atoms with Gasteiger partial charge in [-0.05, 0) is 12.8 Å². The Balaban J connectivity index is 2.22. The largest absolute Gasteiger partial charge is 0.395 e. The Bertz CT molecular complexity index is 463. The predicted octanol–water partition coefficient (Wildman–Crippen LogP) is 0.752. The number of aliphatic hydroxyl groups excluding tert-OH is 1. The number of carbonyl (C=O) groups excluding carboxylic acids is 1. The highest BCUT2D eigenvalue weighted by Crippen LogP contribution is 2.24. The predicted molar refractivity (Wildman–Crippen MR) is 67.4 cm³/mol. The molecule has 1 aromatic rings. The van der Waals surface area contributed by atoms with Crippen molar-refractivity contribution in [2.45, 2.75) is 31.7 Å². The van der Waals surface area contributed by atoms with E-state index in [4.69, 9.17) is 5.11 Å². The van der Waals surface area contributed by atoms with Crippen molar-refractivity contribution in [2.24, 2.45) is 0 Å². The van der Waals surface area contributed by atoms with Gasteiger partial charge in [-0.15, -0.1) is 0 Å². The third kappa shape index (κ3) is 2.61. The number of H-pyrrole nitrogens is 1. The number of carbonyl (C=O) groups is 1. The van der Waals surface area contributed by atoms with Gasteiger partial charge in [0.25, 0.3) is 5.91 Å². The molecule has 1 aromatic heterocycles. The molecule has 0 unspecified atom stereocenters. The Kier molecular flexibility index (Phi) is 4.15. The molecule has 5 nitrogen and oxygen atoms in total. The summed E-state index contributed by atoms with van der Waals surface area (Å²) in [5.74, 6) is -0.280. The average Bonchev–Trinajstić information content (AvgIpc) is 2.89. The standard InChI is InChI=1S/C13H18N2O3/c16-8-7-15(10-3-1-2-4-10)13(18)11-9-14-6-5-12(11)17/h5-6,9-10,16H,1-4,7-8H2,(H,14,17). The monoisotopic (exact) mass is 250 g/mol. The highest BCUT2D eigenvalue weighted by molar-refractivity contribution is 5.94. The lowest BCUT2D eigenvalue weighted by Crippen LogP contribution is -2.42. The Morgan fingerprint density at radius 1 is 1.44 bits per heavy atom. The minimum Gasteiger partial charge on any atom is -0.395 e. The van der Waals surface area contributed by atoms with E-state index in [-0.39, 0.29) is 36.1 Å². The molecule has 98 valence electrons. The summed E-state index contributed by atoms with van der Waals surface area (Å²) in [6.07, 6.45) is 7.05. The van der Waals surface area contributed by atoms with Gasteiger partial charge >= 0.3 is 0 Å². The van der Waals surface area contributed by atoms with Gasteiger partial charge in [0.15, 0.2) is 5.43 Å². The van der Waals surface area contributed by atoms with Crippen molar-refractivity contribution in [3.63, 3.8) is 0 Å². The first-order valence-electron chi connectivity index (χ1n) is 6.33. The van der Waals surface area contributed by atoms with E-state index in [1.807, 2.05) is 0 Å². The second-order valence-corrected chi connectivity index (χ2v) is 4.58. The van der Waals surface area contributed by atoms with Crippen LogP contribution >= 0.6 is 0 Å². The van der Waals surface area contributed by atoms with Gasteiger partial charge in [0.1, 0.15) is 5.56 Å². The molecule has 0 aromatic carbocycles. The molecule has 0 bridgehead atoms. The van der Waals surface area contributed by atoms with Gasteiger partial charge in [0, 0.05) is 31.0 Å². The Labute approximate surface area is 105 Å². The van der Waals surface area contributed by atoms with E-state index in [1.165, 1.54) is 18.5 Å². The maximum Gasteiger partial charge on any atom is 0.259 e. The summed E-state index contributed by atoms with van der Waals surface area (Å²) >= 11 is 0. The van der Waals surface area contributed by atoms with Crippen LogP contribution in [0, 0.1) is 0 Å². The first-order valence-corrected chi connectivity index (χ1v) is 6.33. The van der Waals surface area contributed by atoms with Crippen molar-refractivity contribution in [1.29, 1.82) is 0 Å². The lowest BCUT2D eigenvalue weighted by molar-refractivity contribution is 0.0636. The van der Waals surface area contributed by atoms with Gasteiger partial charge in [0.2, 0.25) is 0 Å². The van der Waals surface area contributed by atoms with E-state index in [1.54, 1.807) is 4.90 Å². The number of pyridine rings is 1. The molecule has 5 heteroatoms. The van der Waals surface area contributed by atoms with Crippen LogP contribution < -0.4 is 5.43 Å². The van der Waals surface area contributed by atoms with Crippen LogP contribution in [0.2, 0.25) is 0 Å². The fourth-order valence-electron chi connectivity index (χ4n) is 2.51. The molecule has 1 saturated carbocycles. The molecule has 2 N–H and O–H groups in total. The zero-order valence-electron chi connectivity index (χ0n) is 10.3. The summed E-state index contributed by atoms with van der Waals surface area (Å²) in [5.41, 5.74) is -0.127. The molecule has 1 heterocycles. The molecule has 1 amide bonds. The van der Waals surface area contributed by atoms with Crippen LogP contribution in [0.25, 0.3) is 0 Å². The van der Waals surface area contributed by atoms with Crippen LogP contribution in [0.4, 0.5) is 0 Å². The number of nitrogens with one attached hydrogen (secondary N) is 1. The van der Waals surface area contributed by atoms with Crippen molar-refractivity contribution in [3.05, 3.63) is 34.2 Å². The number of rotatable bonds is 4. The third-order valence-electron chi connectivity index (χ3n) is 3.42. The van der Waals surface area contributed by atoms with Crippen molar-refractivity contribution >= 4 is 5.91 Å². The molecular formula is C13H18N2O3. The van der Waals surface area contributed by atoms with E-state index >= 15 is 0 Å². The van der Waals surface area contributed by atoms with Crippen LogP contribution in [-0.2, 0) is 0 Å². The van der Waals surface area contributed by atoms with Crippen molar-refractivity contribution in [1.82, 2.24) is 9.88 Å². The third-order valence-corrected chi connectivity index (χ3v) is 3.42. The molecular weight excluding hydrogens is 232 g/mol. The molecule has 0 saturated heterocycles. The SMILES string of the molecule is O=C(c1c[nH]ccc1=O)N(CCO)C1CCCC1. The minimum atomic E-state index is -0.280. The molecule has 1 aliphatic carbocycles. The molecule has 1 aliphatic rings. The number of aromatic nitrogens is 1. The van der Waals surface area contributed by atoms with Gasteiger partial charge in [0.05, 0.1) is 6.61 Å². The van der Waals surface area contributed by atoms with Crippen molar-refractivity contribution in [2.75, 3.05) is 13.2 Å². The first-order chi connectivity index (χ1) is 8.74. The topological polar surface area (TPSA) is 73.4 Å². The number of hydrogen-bond acceptors (Lipinski definition) is 3. The molecule has 18 heavy (non-hydrogen) atoms. The molecule has 0 aliphatic heterocycles. The number of aliphatic hydroxyl groups is 1. The van der Waals surface area contributed by atoms with Crippen LogP contribution in [0.3, 0.4) is 0 Å². The zero-order valence-corrected chi connectivity index (χ0v) is 10.3. The van der Waals surface area contributed by atoms with Gasteiger partial charge in [-0.25, -0.2) is 0 Å². The van der Waals surface area contributed by atoms with Gasteiger partial charge in [-0.1, -0.05) is 12.8 Å². The Morgan fingerprint density at radius 2 is 2.17 bits per heavy atom. The van der Waals surface area contributed by atoms with Crippen LogP contribution in [0.15, 0.2) is 23.3 Å². The number of hydrogen-bond donors (Lipinski definition) is 2. The van der Waals surface area contributed by atoms with Crippen LogP contribution in [-0.4, -0.2) is 40.1 Å². The number of nitrogens with zero attached hydrogens (tertiary/aromatic N) is 1. The van der Waals surface area contributed by atoms with E-state index in [0.717, 1.165) is 25.7 Å². The maximum absolute atomic E-state index is 12.3. The van der Waals surface area contributed by atoms with Gasteiger partial charge in [-0.3, -0.25) is 9.59 Å². The Hall–Kier alpha value is -1.62. The quantitative estimate of drug-likeness (QED) is 0.828. The highest BCUT2D eigenvalue weighted by Gasteiger charge is 2.27. The molecule has 0 atom stereocenters. The van der Waals surface area contributed by atoms with Crippen LogP contribution in [0.5, 0.6) is 0 Å². The second kappa shape index (κ2) is 5.82. The molecule has 1 fully saturated rings. The van der Waals surface area contributed by atoms with E-state index in [9.17, 15) is 9.59 Å². The Morgan fingerprint density at radius 3 is 2.78 bits per heavy atom.